The first kappa shape index (κ1) is 19.7. The molecular formula is C22H24N2O4. The average Bonchev–Trinajstić information content (AvgIpc) is 3.09. The van der Waals surface area contributed by atoms with Gasteiger partial charge >= 0.3 is 5.97 Å². The van der Waals surface area contributed by atoms with Gasteiger partial charge in [0.2, 0.25) is 12.0 Å². The van der Waals surface area contributed by atoms with Crippen LogP contribution in [0.3, 0.4) is 0 Å². The van der Waals surface area contributed by atoms with Gasteiger partial charge in [-0.05, 0) is 41.2 Å². The molecule has 1 heterocycles. The summed E-state index contributed by atoms with van der Waals surface area (Å²) in [6.45, 7) is 8.12. The van der Waals surface area contributed by atoms with E-state index in [2.05, 4.69) is 4.98 Å². The number of nitrogens with zero attached hydrogens (tertiary/aromatic N) is 2. The van der Waals surface area contributed by atoms with Gasteiger partial charge in [0.15, 0.2) is 0 Å². The second kappa shape index (κ2) is 7.16. The van der Waals surface area contributed by atoms with Gasteiger partial charge in [0.25, 0.3) is 0 Å². The summed E-state index contributed by atoms with van der Waals surface area (Å²) in [5, 5.41) is 9.51. The lowest BCUT2D eigenvalue weighted by atomic mass is 10.0. The zero-order chi connectivity index (χ0) is 20.5. The number of carbonyl (C=O) groups excluding carboxylic acids is 1. The monoisotopic (exact) mass is 380 g/mol. The molecule has 1 aliphatic rings. The smallest absolute Gasteiger partial charge is 0.311 e. The minimum absolute atomic E-state index is 0.156. The molecule has 6 nitrogen and oxygen atoms in total. The molecule has 2 aromatic rings. The second-order valence-corrected chi connectivity index (χ2v) is 8.00. The highest BCUT2D eigenvalue weighted by atomic mass is 16.5. The molecule has 146 valence electrons. The molecule has 1 fully saturated rings. The van der Waals surface area contributed by atoms with Crippen LogP contribution in [0.1, 0.15) is 39.5 Å². The number of nitriles is 1. The second-order valence-electron chi connectivity index (χ2n) is 8.00. The fraction of sp³-hybridized carbons (Fsp3) is 0.409. The number of hydrogen-bond donors (Lipinski definition) is 0. The summed E-state index contributed by atoms with van der Waals surface area (Å²) in [6, 6.07) is 14.1. The standard InChI is InChI=1S/C22H24N2O4/c1-21(2)19(22(21,3)4)20(25)28-17(13-23)16-7-6-8-18(24-16)27-15-11-9-14(26-5)10-12-15/h6-12,17,19H,1-5H3. The van der Waals surface area contributed by atoms with E-state index >= 15 is 0 Å². The number of rotatable bonds is 6. The molecule has 1 atom stereocenters. The maximum atomic E-state index is 12.6. The third-order valence-corrected chi connectivity index (χ3v) is 5.90. The van der Waals surface area contributed by atoms with E-state index in [4.69, 9.17) is 14.2 Å². The van der Waals surface area contributed by atoms with Crippen LogP contribution in [0.2, 0.25) is 0 Å². The molecule has 28 heavy (non-hydrogen) atoms. The van der Waals surface area contributed by atoms with Gasteiger partial charge in [0.05, 0.1) is 18.7 Å². The maximum absolute atomic E-state index is 12.6. The molecule has 1 saturated carbocycles. The Kier molecular flexibility index (Phi) is 5.03. The first-order chi connectivity index (χ1) is 13.2. The lowest BCUT2D eigenvalue weighted by molar-refractivity contribution is -0.150. The summed E-state index contributed by atoms with van der Waals surface area (Å²) in [5.41, 5.74) is 0.0198. The highest BCUT2D eigenvalue weighted by Gasteiger charge is 2.69. The topological polar surface area (TPSA) is 81.4 Å². The summed E-state index contributed by atoms with van der Waals surface area (Å²) >= 11 is 0. The molecule has 3 rings (SSSR count). The molecule has 0 bridgehead atoms. The predicted molar refractivity (Wildman–Crippen MR) is 103 cm³/mol. The van der Waals surface area contributed by atoms with Gasteiger partial charge in [-0.2, -0.15) is 5.26 Å². The van der Waals surface area contributed by atoms with E-state index in [1.165, 1.54) is 0 Å². The van der Waals surface area contributed by atoms with Crippen molar-refractivity contribution in [2.24, 2.45) is 16.7 Å². The predicted octanol–water partition coefficient (Wildman–Crippen LogP) is 4.67. The fourth-order valence-corrected chi connectivity index (χ4v) is 3.52. The largest absolute Gasteiger partial charge is 0.497 e. The van der Waals surface area contributed by atoms with E-state index in [9.17, 15) is 10.1 Å². The molecule has 0 aliphatic heterocycles. The van der Waals surface area contributed by atoms with E-state index in [0.717, 1.165) is 5.75 Å². The Labute approximate surface area is 165 Å². The molecule has 0 amide bonds. The number of esters is 1. The van der Waals surface area contributed by atoms with Crippen LogP contribution < -0.4 is 9.47 Å². The molecule has 6 heteroatoms. The van der Waals surface area contributed by atoms with Crippen molar-refractivity contribution in [1.29, 1.82) is 5.26 Å². The SMILES string of the molecule is COc1ccc(Oc2cccc(C(C#N)OC(=O)C3C(C)(C)C3(C)C)n2)cc1. The van der Waals surface area contributed by atoms with Crippen LogP contribution in [-0.2, 0) is 9.53 Å². The van der Waals surface area contributed by atoms with Crippen LogP contribution in [0.5, 0.6) is 17.4 Å². The molecule has 0 radical (unpaired) electrons. The van der Waals surface area contributed by atoms with Gasteiger partial charge in [-0.15, -0.1) is 0 Å². The van der Waals surface area contributed by atoms with Crippen molar-refractivity contribution >= 4 is 5.97 Å². The van der Waals surface area contributed by atoms with Crippen LogP contribution in [-0.4, -0.2) is 18.1 Å². The fourth-order valence-electron chi connectivity index (χ4n) is 3.52. The number of ether oxygens (including phenoxy) is 3. The van der Waals surface area contributed by atoms with Crippen LogP contribution >= 0.6 is 0 Å². The van der Waals surface area contributed by atoms with Crippen LogP contribution in [0, 0.1) is 28.1 Å². The summed E-state index contributed by atoms with van der Waals surface area (Å²) in [7, 11) is 1.59. The third kappa shape index (κ3) is 3.53. The van der Waals surface area contributed by atoms with Crippen molar-refractivity contribution in [1.82, 2.24) is 4.98 Å². The number of aromatic nitrogens is 1. The van der Waals surface area contributed by atoms with Crippen molar-refractivity contribution in [3.05, 3.63) is 48.2 Å². The zero-order valence-electron chi connectivity index (χ0n) is 16.7. The lowest BCUT2D eigenvalue weighted by Crippen LogP contribution is -2.16. The number of pyridine rings is 1. The van der Waals surface area contributed by atoms with Crippen molar-refractivity contribution in [3.63, 3.8) is 0 Å². The van der Waals surface area contributed by atoms with Crippen molar-refractivity contribution in [3.8, 4) is 23.4 Å². The highest BCUT2D eigenvalue weighted by Crippen LogP contribution is 2.68. The zero-order valence-corrected chi connectivity index (χ0v) is 16.7. The minimum Gasteiger partial charge on any atom is -0.497 e. The minimum atomic E-state index is -1.08. The normalized spacial score (nSPS) is 17.9. The number of benzene rings is 1. The summed E-state index contributed by atoms with van der Waals surface area (Å²) < 4.78 is 16.3. The molecule has 0 N–H and O–H groups in total. The molecule has 0 spiro atoms. The molecular weight excluding hydrogens is 356 g/mol. The molecule has 1 unspecified atom stereocenters. The Bertz CT molecular complexity index is 899. The first-order valence-corrected chi connectivity index (χ1v) is 9.09. The van der Waals surface area contributed by atoms with Gasteiger partial charge in [-0.3, -0.25) is 4.79 Å². The van der Waals surface area contributed by atoms with E-state index in [1.54, 1.807) is 49.6 Å². The first-order valence-electron chi connectivity index (χ1n) is 9.09. The third-order valence-electron chi connectivity index (χ3n) is 5.90. The van der Waals surface area contributed by atoms with E-state index in [-0.39, 0.29) is 22.7 Å². The van der Waals surface area contributed by atoms with Gasteiger partial charge in [-0.1, -0.05) is 33.8 Å². The molecule has 1 aromatic heterocycles. The Morgan fingerprint density at radius 1 is 1.07 bits per heavy atom. The Hall–Kier alpha value is -3.07. The van der Waals surface area contributed by atoms with E-state index in [1.807, 2.05) is 33.8 Å². The average molecular weight is 380 g/mol. The molecule has 1 aromatic carbocycles. The summed E-state index contributed by atoms with van der Waals surface area (Å²) in [4.78, 5) is 16.9. The van der Waals surface area contributed by atoms with E-state index in [0.29, 0.717) is 17.3 Å². The lowest BCUT2D eigenvalue weighted by Gasteiger charge is -2.13. The number of hydrogen-bond acceptors (Lipinski definition) is 6. The van der Waals surface area contributed by atoms with Crippen molar-refractivity contribution in [2.45, 2.75) is 33.8 Å². The van der Waals surface area contributed by atoms with Crippen LogP contribution in [0.25, 0.3) is 0 Å². The van der Waals surface area contributed by atoms with Crippen molar-refractivity contribution in [2.75, 3.05) is 7.11 Å². The summed E-state index contributed by atoms with van der Waals surface area (Å²) in [5.74, 6) is 0.999. The Morgan fingerprint density at radius 2 is 1.68 bits per heavy atom. The van der Waals surface area contributed by atoms with Gasteiger partial charge in [-0.25, -0.2) is 4.98 Å². The van der Waals surface area contributed by atoms with Crippen LogP contribution in [0.4, 0.5) is 0 Å². The van der Waals surface area contributed by atoms with Crippen LogP contribution in [0.15, 0.2) is 42.5 Å². The highest BCUT2D eigenvalue weighted by molar-refractivity contribution is 5.79. The summed E-state index contributed by atoms with van der Waals surface area (Å²) in [6.07, 6.45) is -1.08. The molecule has 0 saturated heterocycles. The number of methoxy groups -OCH3 is 1. The quantitative estimate of drug-likeness (QED) is 0.677. The van der Waals surface area contributed by atoms with E-state index < -0.39 is 6.10 Å². The van der Waals surface area contributed by atoms with Gasteiger partial charge in [0.1, 0.15) is 17.6 Å². The number of carbonyl (C=O) groups is 1. The maximum Gasteiger partial charge on any atom is 0.311 e. The Morgan fingerprint density at radius 3 is 2.21 bits per heavy atom. The Balaban J connectivity index is 1.72. The molecule has 1 aliphatic carbocycles. The van der Waals surface area contributed by atoms with Gasteiger partial charge in [0, 0.05) is 6.07 Å². The van der Waals surface area contributed by atoms with Gasteiger partial charge < -0.3 is 14.2 Å². The van der Waals surface area contributed by atoms with Crippen molar-refractivity contribution < 1.29 is 19.0 Å².